The highest BCUT2D eigenvalue weighted by atomic mass is 16.5. The summed E-state index contributed by atoms with van der Waals surface area (Å²) in [5.41, 5.74) is 3.62. The Morgan fingerprint density at radius 2 is 1.09 bits per heavy atom. The quantitative estimate of drug-likeness (QED) is 0.392. The minimum Gasteiger partial charge on any atom is -0.455 e. The van der Waals surface area contributed by atoms with Crippen LogP contribution in [-0.4, -0.2) is 38.2 Å². The fourth-order valence-electron chi connectivity index (χ4n) is 3.70. The van der Waals surface area contributed by atoms with Crippen LogP contribution in [0.3, 0.4) is 0 Å². The van der Waals surface area contributed by atoms with Gasteiger partial charge in [0.2, 0.25) is 0 Å². The zero-order valence-corrected chi connectivity index (χ0v) is 17.4. The molecule has 0 saturated carbocycles. The van der Waals surface area contributed by atoms with Crippen molar-refractivity contribution in [2.24, 2.45) is 0 Å². The summed E-state index contributed by atoms with van der Waals surface area (Å²) in [4.78, 5) is 16.8. The monoisotopic (exact) mass is 434 g/mol. The highest BCUT2D eigenvalue weighted by Crippen LogP contribution is 2.35. The molecule has 4 aromatic heterocycles. The first kappa shape index (κ1) is 18.8. The zero-order valence-electron chi connectivity index (χ0n) is 17.4. The van der Waals surface area contributed by atoms with Crippen LogP contribution in [0.4, 0.5) is 0 Å². The lowest BCUT2D eigenvalue weighted by atomic mass is 10.2. The van der Waals surface area contributed by atoms with Crippen molar-refractivity contribution in [1.82, 2.24) is 38.2 Å². The van der Waals surface area contributed by atoms with Crippen molar-refractivity contribution in [3.05, 3.63) is 111 Å². The average Bonchev–Trinajstić information content (AvgIpc) is 3.67. The minimum absolute atomic E-state index is 0.670. The molecule has 0 unspecified atom stereocenters. The first-order valence-electron chi connectivity index (χ1n) is 10.2. The van der Waals surface area contributed by atoms with Gasteiger partial charge in [-0.1, -0.05) is 6.07 Å². The van der Waals surface area contributed by atoms with Crippen LogP contribution in [0.1, 0.15) is 0 Å². The van der Waals surface area contributed by atoms with Crippen LogP contribution in [0, 0.1) is 0 Å². The van der Waals surface area contributed by atoms with Gasteiger partial charge in [0.05, 0.1) is 48.1 Å². The molecule has 2 aromatic carbocycles. The number of aromatic nitrogens is 8. The third kappa shape index (κ3) is 3.57. The largest absolute Gasteiger partial charge is 0.455 e. The lowest BCUT2D eigenvalue weighted by molar-refractivity contribution is 0.479. The van der Waals surface area contributed by atoms with E-state index in [0.29, 0.717) is 11.5 Å². The summed E-state index contributed by atoms with van der Waals surface area (Å²) in [7, 11) is 0. The normalized spacial score (nSPS) is 11.0. The number of nitrogens with zero attached hydrogens (tertiary/aromatic N) is 8. The van der Waals surface area contributed by atoms with Crippen molar-refractivity contribution in [3.8, 4) is 34.2 Å². The summed E-state index contributed by atoms with van der Waals surface area (Å²) in [5.74, 6) is 1.37. The molecule has 0 bridgehead atoms. The average molecular weight is 434 g/mol. The van der Waals surface area contributed by atoms with Crippen LogP contribution in [0.2, 0.25) is 0 Å². The van der Waals surface area contributed by atoms with E-state index in [1.807, 2.05) is 79.5 Å². The molecular weight excluding hydrogens is 416 g/mol. The fraction of sp³-hybridized carbons (Fsp3) is 0. The molecule has 0 radical (unpaired) electrons. The predicted octanol–water partition coefficient (Wildman–Crippen LogP) is 4.22. The number of imidazole rings is 4. The van der Waals surface area contributed by atoms with E-state index in [9.17, 15) is 0 Å². The van der Waals surface area contributed by atoms with Gasteiger partial charge in [-0.05, 0) is 18.2 Å². The molecule has 0 saturated heterocycles. The van der Waals surface area contributed by atoms with Gasteiger partial charge in [-0.2, -0.15) is 0 Å². The van der Waals surface area contributed by atoms with Crippen LogP contribution >= 0.6 is 0 Å². The third-order valence-corrected chi connectivity index (χ3v) is 5.25. The van der Waals surface area contributed by atoms with Crippen molar-refractivity contribution in [3.63, 3.8) is 0 Å². The smallest absolute Gasteiger partial charge is 0.153 e. The summed E-state index contributed by atoms with van der Waals surface area (Å²) < 4.78 is 14.2. The number of ether oxygens (including phenoxy) is 1. The Labute approximate surface area is 188 Å². The van der Waals surface area contributed by atoms with Gasteiger partial charge >= 0.3 is 0 Å². The van der Waals surface area contributed by atoms with Crippen LogP contribution in [0.25, 0.3) is 22.7 Å². The van der Waals surface area contributed by atoms with E-state index < -0.39 is 0 Å². The molecule has 4 heterocycles. The molecule has 0 aliphatic heterocycles. The van der Waals surface area contributed by atoms with Crippen LogP contribution in [-0.2, 0) is 0 Å². The van der Waals surface area contributed by atoms with E-state index in [-0.39, 0.29) is 0 Å². The molecule has 0 N–H and O–H groups in total. The Balaban J connectivity index is 1.51. The number of hydrogen-bond donors (Lipinski definition) is 0. The summed E-state index contributed by atoms with van der Waals surface area (Å²) in [6.45, 7) is 0. The second-order valence-electron chi connectivity index (χ2n) is 7.29. The fourth-order valence-corrected chi connectivity index (χ4v) is 3.70. The Morgan fingerprint density at radius 1 is 0.545 bits per heavy atom. The lowest BCUT2D eigenvalue weighted by Crippen LogP contribution is -2.05. The van der Waals surface area contributed by atoms with Gasteiger partial charge < -0.3 is 23.0 Å². The Kier molecular flexibility index (Phi) is 4.54. The van der Waals surface area contributed by atoms with Gasteiger partial charge in [-0.25, -0.2) is 19.9 Å². The topological polar surface area (TPSA) is 80.5 Å². The summed E-state index contributed by atoms with van der Waals surface area (Å²) in [6.07, 6.45) is 21.6. The number of benzene rings is 2. The van der Waals surface area contributed by atoms with E-state index >= 15 is 0 Å². The first-order chi connectivity index (χ1) is 16.3. The summed E-state index contributed by atoms with van der Waals surface area (Å²) >= 11 is 0. The van der Waals surface area contributed by atoms with Crippen LogP contribution < -0.4 is 4.74 Å². The van der Waals surface area contributed by atoms with E-state index in [1.54, 1.807) is 50.1 Å². The first-order valence-corrected chi connectivity index (χ1v) is 10.2. The van der Waals surface area contributed by atoms with Crippen LogP contribution in [0.15, 0.2) is 111 Å². The molecule has 9 nitrogen and oxygen atoms in total. The predicted molar refractivity (Wildman–Crippen MR) is 121 cm³/mol. The Hall–Kier alpha value is -4.92. The minimum atomic E-state index is 0.670. The lowest BCUT2D eigenvalue weighted by Gasteiger charge is -2.18. The molecule has 160 valence electrons. The molecule has 0 spiro atoms. The third-order valence-electron chi connectivity index (χ3n) is 5.25. The molecule has 6 rings (SSSR count). The van der Waals surface area contributed by atoms with E-state index in [4.69, 9.17) is 4.74 Å². The van der Waals surface area contributed by atoms with Gasteiger partial charge in [0.1, 0.15) is 5.75 Å². The molecular formula is C24H18N8O. The van der Waals surface area contributed by atoms with E-state index in [0.717, 1.165) is 22.7 Å². The van der Waals surface area contributed by atoms with Gasteiger partial charge in [0.25, 0.3) is 0 Å². The summed E-state index contributed by atoms with van der Waals surface area (Å²) in [6, 6.07) is 11.9. The molecule has 0 fully saturated rings. The van der Waals surface area contributed by atoms with Gasteiger partial charge in [-0.3, -0.25) is 0 Å². The molecule has 0 aliphatic carbocycles. The Bertz CT molecular complexity index is 1470. The van der Waals surface area contributed by atoms with Crippen molar-refractivity contribution >= 4 is 0 Å². The second-order valence-corrected chi connectivity index (χ2v) is 7.29. The molecule has 0 aliphatic rings. The maximum atomic E-state index is 6.44. The van der Waals surface area contributed by atoms with Crippen molar-refractivity contribution in [2.45, 2.75) is 0 Å². The van der Waals surface area contributed by atoms with Crippen LogP contribution in [0.5, 0.6) is 11.5 Å². The Morgan fingerprint density at radius 3 is 1.67 bits per heavy atom. The van der Waals surface area contributed by atoms with Crippen molar-refractivity contribution in [1.29, 1.82) is 0 Å². The number of hydrogen-bond acceptors (Lipinski definition) is 5. The van der Waals surface area contributed by atoms with E-state index in [1.165, 1.54) is 0 Å². The maximum Gasteiger partial charge on any atom is 0.153 e. The molecule has 0 amide bonds. The van der Waals surface area contributed by atoms with Gasteiger partial charge in [0.15, 0.2) is 5.75 Å². The highest BCUT2D eigenvalue weighted by Gasteiger charge is 2.16. The zero-order chi connectivity index (χ0) is 22.0. The second kappa shape index (κ2) is 7.97. The standard InChI is InChI=1S/C24H18N8O/c1-2-19(29-8-4-25-15-29)12-20(3-1)33-24-14-22(31-10-6-27-17-31)21(30-9-5-26-16-30)13-23(24)32-11-7-28-18-32/h1-18H. The molecule has 9 heteroatoms. The van der Waals surface area contributed by atoms with Gasteiger partial charge in [0, 0.05) is 61.7 Å². The molecule has 6 aromatic rings. The number of rotatable bonds is 6. The van der Waals surface area contributed by atoms with Crippen molar-refractivity contribution in [2.75, 3.05) is 0 Å². The SMILES string of the molecule is c1cc(Oc2cc(-n3ccnc3)c(-n3ccnc3)cc2-n2ccnc2)cc(-n2ccnc2)c1. The highest BCUT2D eigenvalue weighted by molar-refractivity contribution is 5.65. The summed E-state index contributed by atoms with van der Waals surface area (Å²) in [5, 5.41) is 0. The van der Waals surface area contributed by atoms with Gasteiger partial charge in [-0.15, -0.1) is 0 Å². The van der Waals surface area contributed by atoms with Crippen molar-refractivity contribution < 1.29 is 4.74 Å². The molecule has 33 heavy (non-hydrogen) atoms. The molecule has 0 atom stereocenters. The maximum absolute atomic E-state index is 6.44. The van der Waals surface area contributed by atoms with E-state index in [2.05, 4.69) is 19.9 Å².